The lowest BCUT2D eigenvalue weighted by atomic mass is 10.2. The van der Waals surface area contributed by atoms with Crippen LogP contribution in [0.5, 0.6) is 11.5 Å². The fourth-order valence-electron chi connectivity index (χ4n) is 2.63. The van der Waals surface area contributed by atoms with Crippen LogP contribution in [-0.4, -0.2) is 40.5 Å². The molecular formula is C17H19N3O3. The van der Waals surface area contributed by atoms with E-state index in [-0.39, 0.29) is 6.61 Å². The molecule has 6 heteroatoms. The molecule has 6 nitrogen and oxygen atoms in total. The molecule has 0 spiro atoms. The normalized spacial score (nSPS) is 10.9. The minimum atomic E-state index is 0.128. The Bertz CT molecular complexity index is 800. The van der Waals surface area contributed by atoms with Crippen molar-refractivity contribution in [2.24, 2.45) is 0 Å². The molecule has 0 amide bonds. The van der Waals surface area contributed by atoms with Crippen molar-refractivity contribution in [3.05, 3.63) is 36.7 Å². The number of aryl methyl sites for hydroxylation is 1. The van der Waals surface area contributed by atoms with Crippen LogP contribution in [0, 0.1) is 0 Å². The number of benzene rings is 1. The summed E-state index contributed by atoms with van der Waals surface area (Å²) in [6.45, 7) is 0.795. The summed E-state index contributed by atoms with van der Waals surface area (Å²) in [4.78, 5) is 8.79. The summed E-state index contributed by atoms with van der Waals surface area (Å²) in [5.41, 5.74) is 2.75. The number of aliphatic hydroxyl groups excluding tert-OH is 1. The third-order valence-corrected chi connectivity index (χ3v) is 3.73. The van der Waals surface area contributed by atoms with Crippen molar-refractivity contribution in [3.63, 3.8) is 0 Å². The third kappa shape index (κ3) is 2.85. The summed E-state index contributed by atoms with van der Waals surface area (Å²) in [5, 5.41) is 9.19. The van der Waals surface area contributed by atoms with E-state index in [1.165, 1.54) is 0 Å². The van der Waals surface area contributed by atoms with Gasteiger partial charge in [0.2, 0.25) is 0 Å². The van der Waals surface area contributed by atoms with E-state index in [0.29, 0.717) is 24.5 Å². The van der Waals surface area contributed by atoms with Gasteiger partial charge in [-0.25, -0.2) is 4.98 Å². The molecule has 0 saturated carbocycles. The van der Waals surface area contributed by atoms with Crippen molar-refractivity contribution in [1.29, 1.82) is 0 Å². The first kappa shape index (κ1) is 15.3. The molecule has 1 aromatic carbocycles. The highest BCUT2D eigenvalue weighted by atomic mass is 16.5. The molecule has 0 aliphatic rings. The predicted molar refractivity (Wildman–Crippen MR) is 87.8 cm³/mol. The summed E-state index contributed by atoms with van der Waals surface area (Å²) < 4.78 is 12.8. The molecule has 0 aliphatic heterocycles. The average molecular weight is 313 g/mol. The van der Waals surface area contributed by atoms with E-state index >= 15 is 0 Å². The van der Waals surface area contributed by atoms with Crippen molar-refractivity contribution in [2.75, 3.05) is 20.8 Å². The number of aliphatic hydroxyl groups is 1. The van der Waals surface area contributed by atoms with Gasteiger partial charge >= 0.3 is 0 Å². The van der Waals surface area contributed by atoms with Crippen LogP contribution in [0.15, 0.2) is 36.7 Å². The van der Waals surface area contributed by atoms with Crippen molar-refractivity contribution in [2.45, 2.75) is 13.0 Å². The van der Waals surface area contributed by atoms with E-state index in [9.17, 15) is 5.11 Å². The van der Waals surface area contributed by atoms with Crippen LogP contribution in [0.1, 0.15) is 6.42 Å². The molecule has 0 radical (unpaired) electrons. The second-order valence-corrected chi connectivity index (χ2v) is 5.10. The van der Waals surface area contributed by atoms with Gasteiger partial charge in [-0.05, 0) is 18.6 Å². The molecule has 120 valence electrons. The quantitative estimate of drug-likeness (QED) is 0.757. The number of imidazole rings is 1. The van der Waals surface area contributed by atoms with Crippen LogP contribution in [0.4, 0.5) is 0 Å². The van der Waals surface area contributed by atoms with Crippen LogP contribution in [0.2, 0.25) is 0 Å². The lowest BCUT2D eigenvalue weighted by Gasteiger charge is -2.10. The van der Waals surface area contributed by atoms with Crippen LogP contribution in [0.3, 0.4) is 0 Å². The van der Waals surface area contributed by atoms with Crippen molar-refractivity contribution in [1.82, 2.24) is 14.5 Å². The first-order valence-corrected chi connectivity index (χ1v) is 7.42. The summed E-state index contributed by atoms with van der Waals surface area (Å²) in [5.74, 6) is 2.14. The molecule has 0 saturated heterocycles. The summed E-state index contributed by atoms with van der Waals surface area (Å²) in [6.07, 6.45) is 4.14. The lowest BCUT2D eigenvalue weighted by Crippen LogP contribution is -2.03. The number of hydrogen-bond donors (Lipinski definition) is 1. The highest BCUT2D eigenvalue weighted by Crippen LogP contribution is 2.34. The Morgan fingerprint density at radius 1 is 1.09 bits per heavy atom. The number of ether oxygens (including phenoxy) is 2. The molecule has 1 N–H and O–H groups in total. The van der Waals surface area contributed by atoms with Crippen LogP contribution >= 0.6 is 0 Å². The number of fused-ring (bicyclic) bond motifs is 1. The summed E-state index contributed by atoms with van der Waals surface area (Å²) in [7, 11) is 3.22. The van der Waals surface area contributed by atoms with Crippen LogP contribution in [0.25, 0.3) is 22.4 Å². The monoisotopic (exact) mass is 313 g/mol. The van der Waals surface area contributed by atoms with Gasteiger partial charge in [0.05, 0.1) is 25.3 Å². The second-order valence-electron chi connectivity index (χ2n) is 5.10. The second kappa shape index (κ2) is 6.66. The Kier molecular flexibility index (Phi) is 4.43. The topological polar surface area (TPSA) is 69.4 Å². The zero-order valence-electron chi connectivity index (χ0n) is 13.2. The summed E-state index contributed by atoms with van der Waals surface area (Å²) >= 11 is 0. The standard InChI is InChI=1S/C17H19N3O3/c1-22-15-10-13-14(11-16(15)23-2)20(8-3-9-21)17(19-13)12-4-6-18-7-5-12/h4-7,10-11,21H,3,8-9H2,1-2H3. The molecule has 23 heavy (non-hydrogen) atoms. The zero-order valence-corrected chi connectivity index (χ0v) is 13.2. The zero-order chi connectivity index (χ0) is 16.2. The first-order chi connectivity index (χ1) is 11.3. The highest BCUT2D eigenvalue weighted by molar-refractivity contribution is 5.84. The number of hydrogen-bond acceptors (Lipinski definition) is 5. The first-order valence-electron chi connectivity index (χ1n) is 7.42. The number of rotatable bonds is 6. The Morgan fingerprint density at radius 2 is 1.78 bits per heavy atom. The van der Waals surface area contributed by atoms with E-state index in [1.54, 1.807) is 26.6 Å². The minimum Gasteiger partial charge on any atom is -0.493 e. The number of aromatic nitrogens is 3. The maximum Gasteiger partial charge on any atom is 0.163 e. The van der Waals surface area contributed by atoms with E-state index in [2.05, 4.69) is 9.55 Å². The average Bonchev–Trinajstić information content (AvgIpc) is 2.96. The van der Waals surface area contributed by atoms with Crippen LogP contribution in [-0.2, 0) is 6.54 Å². The fraction of sp³-hybridized carbons (Fsp3) is 0.294. The van der Waals surface area contributed by atoms with Crippen LogP contribution < -0.4 is 9.47 Å². The SMILES string of the molecule is COc1cc2nc(-c3ccncc3)n(CCCO)c2cc1OC. The molecule has 3 aromatic rings. The van der Waals surface area contributed by atoms with Gasteiger partial charge in [-0.15, -0.1) is 0 Å². The molecular weight excluding hydrogens is 294 g/mol. The number of nitrogens with zero attached hydrogens (tertiary/aromatic N) is 3. The highest BCUT2D eigenvalue weighted by Gasteiger charge is 2.16. The Hall–Kier alpha value is -2.60. The van der Waals surface area contributed by atoms with Gasteiger partial charge in [-0.1, -0.05) is 0 Å². The predicted octanol–water partition coefficient (Wildman–Crippen LogP) is 2.50. The maximum atomic E-state index is 9.19. The molecule has 0 bridgehead atoms. The molecule has 0 aliphatic carbocycles. The molecule has 3 rings (SSSR count). The minimum absolute atomic E-state index is 0.128. The van der Waals surface area contributed by atoms with Gasteiger partial charge in [-0.2, -0.15) is 0 Å². The van der Waals surface area contributed by atoms with Gasteiger partial charge < -0.3 is 19.1 Å². The van der Waals surface area contributed by atoms with Gasteiger partial charge in [0.15, 0.2) is 11.5 Å². The molecule has 0 unspecified atom stereocenters. The Morgan fingerprint density at radius 3 is 2.43 bits per heavy atom. The molecule has 0 fully saturated rings. The van der Waals surface area contributed by atoms with Gasteiger partial charge in [0.25, 0.3) is 0 Å². The smallest absolute Gasteiger partial charge is 0.163 e. The summed E-state index contributed by atoms with van der Waals surface area (Å²) in [6, 6.07) is 7.63. The van der Waals surface area contributed by atoms with Gasteiger partial charge in [0, 0.05) is 43.2 Å². The van der Waals surface area contributed by atoms with E-state index < -0.39 is 0 Å². The lowest BCUT2D eigenvalue weighted by molar-refractivity contribution is 0.281. The fourth-order valence-corrected chi connectivity index (χ4v) is 2.63. The molecule has 0 atom stereocenters. The van der Waals surface area contributed by atoms with E-state index in [1.807, 2.05) is 24.3 Å². The van der Waals surface area contributed by atoms with Crippen molar-refractivity contribution in [3.8, 4) is 22.9 Å². The molecule has 2 heterocycles. The third-order valence-electron chi connectivity index (χ3n) is 3.73. The van der Waals surface area contributed by atoms with Crippen molar-refractivity contribution >= 4 is 11.0 Å². The Labute approximate surface area is 134 Å². The van der Waals surface area contributed by atoms with E-state index in [4.69, 9.17) is 14.5 Å². The Balaban J connectivity index is 2.22. The van der Waals surface area contributed by atoms with Gasteiger partial charge in [-0.3, -0.25) is 4.98 Å². The van der Waals surface area contributed by atoms with E-state index in [0.717, 1.165) is 22.4 Å². The van der Waals surface area contributed by atoms with Crippen molar-refractivity contribution < 1.29 is 14.6 Å². The largest absolute Gasteiger partial charge is 0.493 e. The van der Waals surface area contributed by atoms with Gasteiger partial charge in [0.1, 0.15) is 5.82 Å². The number of methoxy groups -OCH3 is 2. The maximum absolute atomic E-state index is 9.19. The number of pyridine rings is 1. The molecule has 2 aromatic heterocycles.